The van der Waals surface area contributed by atoms with Crippen LogP contribution in [0.25, 0.3) is 5.65 Å². The van der Waals surface area contributed by atoms with Gasteiger partial charge in [-0.15, -0.1) is 0 Å². The number of carbonyl (C=O) groups is 2. The quantitative estimate of drug-likeness (QED) is 0.416. The van der Waals surface area contributed by atoms with E-state index in [9.17, 15) is 22.8 Å². The maximum Gasteiger partial charge on any atom is 0.417 e. The van der Waals surface area contributed by atoms with E-state index < -0.39 is 23.6 Å². The lowest BCUT2D eigenvalue weighted by atomic mass is 10.1. The molecule has 1 amide bonds. The van der Waals surface area contributed by atoms with E-state index in [4.69, 9.17) is 5.11 Å². The summed E-state index contributed by atoms with van der Waals surface area (Å²) in [5.41, 5.74) is 0.125. The highest BCUT2D eigenvalue weighted by molar-refractivity contribution is 5.94. The molecule has 0 radical (unpaired) electrons. The van der Waals surface area contributed by atoms with Crippen molar-refractivity contribution < 1.29 is 27.9 Å². The number of hydrogen-bond donors (Lipinski definition) is 2. The zero-order valence-electron chi connectivity index (χ0n) is 17.8. The molecule has 0 saturated carbocycles. The van der Waals surface area contributed by atoms with Gasteiger partial charge in [0.25, 0.3) is 5.91 Å². The lowest BCUT2D eigenvalue weighted by Gasteiger charge is -2.09. The molecule has 0 spiro atoms. The van der Waals surface area contributed by atoms with Crippen LogP contribution in [0.3, 0.4) is 0 Å². The van der Waals surface area contributed by atoms with Gasteiger partial charge in [-0.2, -0.15) is 13.2 Å². The average Bonchev–Trinajstić information content (AvgIpc) is 3.09. The van der Waals surface area contributed by atoms with Crippen molar-refractivity contribution in [2.24, 2.45) is 0 Å². The number of carboxylic acids is 1. The lowest BCUT2D eigenvalue weighted by Crippen LogP contribution is -2.27. The molecule has 0 atom stereocenters. The van der Waals surface area contributed by atoms with Crippen LogP contribution in [0.1, 0.15) is 86.5 Å². The zero-order chi connectivity index (χ0) is 22.9. The fraction of sp³-hybridized carbons (Fsp3) is 0.591. The first-order chi connectivity index (χ1) is 14.7. The number of carbonyl (C=O) groups excluding carboxylic acids is 1. The topological polar surface area (TPSA) is 83.7 Å². The number of halogens is 3. The van der Waals surface area contributed by atoms with Gasteiger partial charge in [0.2, 0.25) is 0 Å². The Kier molecular flexibility index (Phi) is 9.33. The second-order valence-corrected chi connectivity index (χ2v) is 7.63. The Labute approximate surface area is 179 Å². The summed E-state index contributed by atoms with van der Waals surface area (Å²) in [6.45, 7) is 2.26. The highest BCUT2D eigenvalue weighted by Gasteiger charge is 2.31. The van der Waals surface area contributed by atoms with Gasteiger partial charge in [0.05, 0.1) is 11.3 Å². The largest absolute Gasteiger partial charge is 0.481 e. The number of imidazole rings is 1. The Balaban J connectivity index is 1.78. The van der Waals surface area contributed by atoms with E-state index in [1.54, 1.807) is 0 Å². The van der Waals surface area contributed by atoms with Gasteiger partial charge in [0.15, 0.2) is 0 Å². The number of carboxylic acid groups (broad SMARTS) is 1. The third-order valence-electron chi connectivity index (χ3n) is 5.17. The SMILES string of the molecule is CCc1nc2ccc(C(F)(F)F)cn2c1C(=O)NCCCCCCCCCCC(=O)O. The van der Waals surface area contributed by atoms with Crippen LogP contribution in [0.2, 0.25) is 0 Å². The smallest absolute Gasteiger partial charge is 0.417 e. The van der Waals surface area contributed by atoms with Gasteiger partial charge in [-0.05, 0) is 31.4 Å². The number of pyridine rings is 1. The highest BCUT2D eigenvalue weighted by Crippen LogP contribution is 2.30. The molecule has 0 unspecified atom stereocenters. The van der Waals surface area contributed by atoms with Crippen LogP contribution >= 0.6 is 0 Å². The van der Waals surface area contributed by atoms with Crippen LogP contribution in [0, 0.1) is 0 Å². The molecular formula is C22H30F3N3O3. The van der Waals surface area contributed by atoms with Crippen molar-refractivity contribution in [1.29, 1.82) is 0 Å². The fourth-order valence-corrected chi connectivity index (χ4v) is 3.50. The highest BCUT2D eigenvalue weighted by atomic mass is 19.4. The second-order valence-electron chi connectivity index (χ2n) is 7.63. The van der Waals surface area contributed by atoms with E-state index in [0.29, 0.717) is 24.3 Å². The van der Waals surface area contributed by atoms with E-state index in [0.717, 1.165) is 63.6 Å². The normalized spacial score (nSPS) is 11.7. The number of aliphatic carboxylic acids is 1. The molecule has 2 aromatic heterocycles. The lowest BCUT2D eigenvalue weighted by molar-refractivity contribution is -0.138. The summed E-state index contributed by atoms with van der Waals surface area (Å²) in [5, 5.41) is 11.4. The predicted molar refractivity (Wildman–Crippen MR) is 111 cm³/mol. The Hall–Kier alpha value is -2.58. The number of unbranched alkanes of at least 4 members (excludes halogenated alkanes) is 7. The van der Waals surface area contributed by atoms with Crippen LogP contribution in [0.15, 0.2) is 18.3 Å². The Bertz CT molecular complexity index is 878. The second kappa shape index (κ2) is 11.7. The van der Waals surface area contributed by atoms with Crippen molar-refractivity contribution in [3.05, 3.63) is 35.3 Å². The first-order valence-corrected chi connectivity index (χ1v) is 10.8. The van der Waals surface area contributed by atoms with Crippen molar-refractivity contribution >= 4 is 17.5 Å². The number of aromatic nitrogens is 2. The molecule has 172 valence electrons. The monoisotopic (exact) mass is 441 g/mol. The van der Waals surface area contributed by atoms with Crippen molar-refractivity contribution in [3.8, 4) is 0 Å². The summed E-state index contributed by atoms with van der Waals surface area (Å²) in [4.78, 5) is 27.4. The van der Waals surface area contributed by atoms with Gasteiger partial charge >= 0.3 is 12.1 Å². The van der Waals surface area contributed by atoms with Crippen LogP contribution in [-0.4, -0.2) is 32.9 Å². The molecule has 0 saturated heterocycles. The first kappa shape index (κ1) is 24.7. The van der Waals surface area contributed by atoms with Gasteiger partial charge in [-0.3, -0.25) is 14.0 Å². The minimum absolute atomic E-state index is 0.157. The Morgan fingerprint density at radius 2 is 1.65 bits per heavy atom. The van der Waals surface area contributed by atoms with Crippen molar-refractivity contribution in [3.63, 3.8) is 0 Å². The number of nitrogens with zero attached hydrogens (tertiary/aromatic N) is 2. The zero-order valence-corrected chi connectivity index (χ0v) is 17.8. The number of fused-ring (bicyclic) bond motifs is 1. The molecule has 0 fully saturated rings. The molecular weight excluding hydrogens is 411 g/mol. The fourth-order valence-electron chi connectivity index (χ4n) is 3.50. The van der Waals surface area contributed by atoms with Gasteiger partial charge < -0.3 is 10.4 Å². The van der Waals surface area contributed by atoms with Gasteiger partial charge in [0, 0.05) is 19.2 Å². The summed E-state index contributed by atoms with van der Waals surface area (Å²) in [7, 11) is 0. The average molecular weight is 441 g/mol. The summed E-state index contributed by atoms with van der Waals surface area (Å²) in [6, 6.07) is 2.25. The van der Waals surface area contributed by atoms with E-state index in [1.165, 1.54) is 10.5 Å². The van der Waals surface area contributed by atoms with E-state index in [2.05, 4.69) is 10.3 Å². The standard InChI is InChI=1S/C22H30F3N3O3/c1-2-17-20(28-15-16(22(23,24)25)12-13-18(28)27-17)21(31)26-14-10-8-6-4-3-5-7-9-11-19(29)30/h12-13,15H,2-11,14H2,1H3,(H,26,31)(H,29,30). The molecule has 0 aliphatic rings. The van der Waals surface area contributed by atoms with Crippen molar-refractivity contribution in [2.75, 3.05) is 6.54 Å². The molecule has 0 aromatic carbocycles. The van der Waals surface area contributed by atoms with E-state index >= 15 is 0 Å². The number of nitrogens with one attached hydrogen (secondary N) is 1. The molecule has 0 aliphatic heterocycles. The minimum Gasteiger partial charge on any atom is -0.481 e. The molecule has 2 aromatic rings. The van der Waals surface area contributed by atoms with E-state index in [1.807, 2.05) is 6.92 Å². The van der Waals surface area contributed by atoms with Gasteiger partial charge in [-0.1, -0.05) is 45.4 Å². The Morgan fingerprint density at radius 3 is 2.23 bits per heavy atom. The first-order valence-electron chi connectivity index (χ1n) is 10.8. The summed E-state index contributed by atoms with van der Waals surface area (Å²) in [5.74, 6) is -1.17. The van der Waals surface area contributed by atoms with Crippen LogP contribution in [0.4, 0.5) is 13.2 Å². The maximum absolute atomic E-state index is 13.0. The third-order valence-corrected chi connectivity index (χ3v) is 5.17. The third kappa shape index (κ3) is 7.56. The molecule has 0 bridgehead atoms. The molecule has 9 heteroatoms. The molecule has 2 rings (SSSR count). The molecule has 2 heterocycles. The number of hydrogen-bond acceptors (Lipinski definition) is 3. The van der Waals surface area contributed by atoms with Crippen LogP contribution in [-0.2, 0) is 17.4 Å². The maximum atomic E-state index is 13.0. The minimum atomic E-state index is -4.49. The number of aryl methyl sites for hydroxylation is 1. The summed E-state index contributed by atoms with van der Waals surface area (Å²) >= 11 is 0. The van der Waals surface area contributed by atoms with Gasteiger partial charge in [-0.25, -0.2) is 4.98 Å². The van der Waals surface area contributed by atoms with Crippen molar-refractivity contribution in [1.82, 2.24) is 14.7 Å². The number of amides is 1. The van der Waals surface area contributed by atoms with Gasteiger partial charge in [0.1, 0.15) is 11.3 Å². The molecule has 31 heavy (non-hydrogen) atoms. The van der Waals surface area contributed by atoms with Crippen LogP contribution < -0.4 is 5.32 Å². The van der Waals surface area contributed by atoms with E-state index in [-0.39, 0.29) is 12.1 Å². The molecule has 0 aliphatic carbocycles. The summed E-state index contributed by atoms with van der Waals surface area (Å²) in [6.07, 6.45) is 4.66. The Morgan fingerprint density at radius 1 is 1.03 bits per heavy atom. The van der Waals surface area contributed by atoms with Crippen molar-refractivity contribution in [2.45, 2.75) is 77.3 Å². The van der Waals surface area contributed by atoms with Crippen LogP contribution in [0.5, 0.6) is 0 Å². The predicted octanol–water partition coefficient (Wildman–Crippen LogP) is 5.24. The molecule has 6 nitrogen and oxygen atoms in total. The molecule has 2 N–H and O–H groups in total. The number of alkyl halides is 3. The number of rotatable bonds is 13. The summed E-state index contributed by atoms with van der Waals surface area (Å²) < 4.78 is 40.4.